The van der Waals surface area contributed by atoms with Crippen molar-refractivity contribution in [1.29, 1.82) is 0 Å². The van der Waals surface area contributed by atoms with Crippen LogP contribution in [0.25, 0.3) is 0 Å². The van der Waals surface area contributed by atoms with Gasteiger partial charge in [0.05, 0.1) is 11.7 Å². The van der Waals surface area contributed by atoms with Gasteiger partial charge in [0.15, 0.2) is 0 Å². The minimum absolute atomic E-state index is 0.112. The van der Waals surface area contributed by atoms with E-state index in [1.165, 1.54) is 17.9 Å². The van der Waals surface area contributed by atoms with Crippen LogP contribution in [0.5, 0.6) is 0 Å². The molecule has 142 valence electrons. The maximum absolute atomic E-state index is 13.0. The van der Waals surface area contributed by atoms with Gasteiger partial charge in [0.25, 0.3) is 12.3 Å². The lowest BCUT2D eigenvalue weighted by Crippen LogP contribution is -2.30. The van der Waals surface area contributed by atoms with Crippen molar-refractivity contribution in [2.45, 2.75) is 39.2 Å². The van der Waals surface area contributed by atoms with Crippen LogP contribution in [0.4, 0.5) is 8.78 Å². The van der Waals surface area contributed by atoms with Crippen molar-refractivity contribution in [3.63, 3.8) is 0 Å². The number of halogens is 2. The highest BCUT2D eigenvalue weighted by Gasteiger charge is 2.23. The SMILES string of the molecule is CCCCOC(CNC(=O)c1cn(C)nc1C(F)F)c1ccc(C)cc1. The number of carbonyl (C=O) groups is 1. The fourth-order valence-electron chi connectivity index (χ4n) is 2.55. The van der Waals surface area contributed by atoms with E-state index in [1.807, 2.05) is 31.2 Å². The van der Waals surface area contributed by atoms with Crippen LogP contribution in [-0.2, 0) is 11.8 Å². The van der Waals surface area contributed by atoms with Crippen LogP contribution >= 0.6 is 0 Å². The predicted octanol–water partition coefficient (Wildman–Crippen LogP) is 3.95. The first-order valence-electron chi connectivity index (χ1n) is 8.70. The Labute approximate surface area is 152 Å². The Balaban J connectivity index is 2.08. The molecule has 5 nitrogen and oxygen atoms in total. The minimum Gasteiger partial charge on any atom is -0.372 e. The molecule has 1 heterocycles. The molecule has 0 saturated heterocycles. The van der Waals surface area contributed by atoms with Crippen LogP contribution in [0.2, 0.25) is 0 Å². The van der Waals surface area contributed by atoms with Crippen molar-refractivity contribution in [3.05, 3.63) is 52.8 Å². The molecular formula is C19H25F2N3O2. The zero-order valence-corrected chi connectivity index (χ0v) is 15.3. The maximum atomic E-state index is 13.0. The maximum Gasteiger partial charge on any atom is 0.282 e. The second-order valence-electron chi connectivity index (χ2n) is 6.24. The van der Waals surface area contributed by atoms with E-state index in [-0.39, 0.29) is 18.2 Å². The Morgan fingerprint density at radius 1 is 1.31 bits per heavy atom. The van der Waals surface area contributed by atoms with E-state index in [2.05, 4.69) is 17.3 Å². The first-order valence-corrected chi connectivity index (χ1v) is 8.70. The summed E-state index contributed by atoms with van der Waals surface area (Å²) in [7, 11) is 1.51. The molecule has 1 N–H and O–H groups in total. The standard InChI is InChI=1S/C19H25F2N3O2/c1-4-5-10-26-16(14-8-6-13(2)7-9-14)11-22-19(25)15-12-24(3)23-17(15)18(20)21/h6-9,12,16,18H,4-5,10-11H2,1-3H3,(H,22,25). The zero-order valence-electron chi connectivity index (χ0n) is 15.3. The second-order valence-corrected chi connectivity index (χ2v) is 6.24. The Morgan fingerprint density at radius 3 is 2.62 bits per heavy atom. The number of aryl methyl sites for hydroxylation is 2. The number of hydrogen-bond donors (Lipinski definition) is 1. The molecule has 26 heavy (non-hydrogen) atoms. The van der Waals surface area contributed by atoms with Gasteiger partial charge in [-0.05, 0) is 18.9 Å². The summed E-state index contributed by atoms with van der Waals surface area (Å²) in [5.41, 5.74) is 1.44. The molecule has 2 aromatic rings. The average Bonchev–Trinajstić information content (AvgIpc) is 3.01. The lowest BCUT2D eigenvalue weighted by atomic mass is 10.1. The van der Waals surface area contributed by atoms with Gasteiger partial charge in [-0.15, -0.1) is 0 Å². The van der Waals surface area contributed by atoms with Crippen molar-refractivity contribution in [3.8, 4) is 0 Å². The molecule has 2 rings (SSSR count). The number of nitrogens with zero attached hydrogens (tertiary/aromatic N) is 2. The second kappa shape index (κ2) is 9.43. The molecular weight excluding hydrogens is 340 g/mol. The number of ether oxygens (including phenoxy) is 1. The Hall–Kier alpha value is -2.28. The Bertz CT molecular complexity index is 714. The van der Waals surface area contributed by atoms with Gasteiger partial charge in [-0.25, -0.2) is 8.78 Å². The van der Waals surface area contributed by atoms with Crippen molar-refractivity contribution in [2.75, 3.05) is 13.2 Å². The molecule has 0 aliphatic heterocycles. The summed E-state index contributed by atoms with van der Waals surface area (Å²) in [6.07, 6.45) is 0.0771. The summed E-state index contributed by atoms with van der Waals surface area (Å²) < 4.78 is 33.2. The average molecular weight is 365 g/mol. The number of carbonyl (C=O) groups excluding carboxylic acids is 1. The quantitative estimate of drug-likeness (QED) is 0.685. The van der Waals surface area contributed by atoms with Crippen LogP contribution in [0.15, 0.2) is 30.5 Å². The molecule has 1 amide bonds. The summed E-state index contributed by atoms with van der Waals surface area (Å²) in [4.78, 5) is 12.3. The number of benzene rings is 1. The largest absolute Gasteiger partial charge is 0.372 e. The van der Waals surface area contributed by atoms with Gasteiger partial charge in [0.2, 0.25) is 0 Å². The van der Waals surface area contributed by atoms with Gasteiger partial charge < -0.3 is 10.1 Å². The van der Waals surface area contributed by atoms with E-state index in [9.17, 15) is 13.6 Å². The molecule has 0 saturated carbocycles. The van der Waals surface area contributed by atoms with E-state index in [4.69, 9.17) is 4.74 Å². The van der Waals surface area contributed by atoms with E-state index < -0.39 is 18.0 Å². The van der Waals surface area contributed by atoms with Crippen molar-refractivity contribution >= 4 is 5.91 Å². The van der Waals surface area contributed by atoms with Gasteiger partial charge in [-0.2, -0.15) is 5.10 Å². The number of aromatic nitrogens is 2. The molecule has 1 aromatic carbocycles. The topological polar surface area (TPSA) is 56.1 Å². The van der Waals surface area contributed by atoms with Gasteiger partial charge in [0, 0.05) is 26.4 Å². The Morgan fingerprint density at radius 2 is 2.00 bits per heavy atom. The van der Waals surface area contributed by atoms with Gasteiger partial charge in [-0.1, -0.05) is 43.2 Å². The summed E-state index contributed by atoms with van der Waals surface area (Å²) >= 11 is 0. The number of amides is 1. The molecule has 0 radical (unpaired) electrons. The number of rotatable bonds is 9. The first kappa shape index (κ1) is 20.0. The number of unbranched alkanes of at least 4 members (excludes halogenated alkanes) is 1. The van der Waals surface area contributed by atoms with Crippen LogP contribution in [0.3, 0.4) is 0 Å². The van der Waals surface area contributed by atoms with Crippen LogP contribution in [0.1, 0.15) is 59.5 Å². The zero-order chi connectivity index (χ0) is 19.1. The van der Waals surface area contributed by atoms with Crippen LogP contribution in [-0.4, -0.2) is 28.8 Å². The summed E-state index contributed by atoms with van der Waals surface area (Å²) in [6.45, 7) is 4.83. The van der Waals surface area contributed by atoms with Gasteiger partial charge >= 0.3 is 0 Å². The van der Waals surface area contributed by atoms with Crippen molar-refractivity contribution in [2.24, 2.45) is 7.05 Å². The number of nitrogens with one attached hydrogen (secondary N) is 1. The fraction of sp³-hybridized carbons (Fsp3) is 0.474. The predicted molar refractivity (Wildman–Crippen MR) is 95.3 cm³/mol. The van der Waals surface area contributed by atoms with Crippen LogP contribution in [0, 0.1) is 6.92 Å². The third-order valence-corrected chi connectivity index (χ3v) is 4.02. The Kier molecular flexibility index (Phi) is 7.26. The van der Waals surface area contributed by atoms with E-state index >= 15 is 0 Å². The third kappa shape index (κ3) is 5.36. The number of hydrogen-bond acceptors (Lipinski definition) is 3. The highest BCUT2D eigenvalue weighted by Crippen LogP contribution is 2.22. The fourth-order valence-corrected chi connectivity index (χ4v) is 2.55. The van der Waals surface area contributed by atoms with E-state index in [1.54, 1.807) is 0 Å². The molecule has 1 unspecified atom stereocenters. The lowest BCUT2D eigenvalue weighted by Gasteiger charge is -2.19. The third-order valence-electron chi connectivity index (χ3n) is 4.02. The molecule has 1 atom stereocenters. The monoisotopic (exact) mass is 365 g/mol. The molecule has 0 fully saturated rings. The smallest absolute Gasteiger partial charge is 0.282 e. The molecule has 0 spiro atoms. The normalized spacial score (nSPS) is 12.4. The molecule has 1 aromatic heterocycles. The highest BCUT2D eigenvalue weighted by molar-refractivity contribution is 5.95. The summed E-state index contributed by atoms with van der Waals surface area (Å²) in [5.74, 6) is -0.579. The first-order chi connectivity index (χ1) is 12.4. The molecule has 0 aliphatic rings. The van der Waals surface area contributed by atoms with E-state index in [0.29, 0.717) is 6.61 Å². The lowest BCUT2D eigenvalue weighted by molar-refractivity contribution is 0.0484. The molecule has 0 aliphatic carbocycles. The highest BCUT2D eigenvalue weighted by atomic mass is 19.3. The van der Waals surface area contributed by atoms with Gasteiger partial charge in [0.1, 0.15) is 5.69 Å². The van der Waals surface area contributed by atoms with Crippen LogP contribution < -0.4 is 5.32 Å². The number of alkyl halides is 2. The van der Waals surface area contributed by atoms with Crippen molar-refractivity contribution < 1.29 is 18.3 Å². The molecule has 7 heteroatoms. The summed E-state index contributed by atoms with van der Waals surface area (Å²) in [5, 5.41) is 6.36. The van der Waals surface area contributed by atoms with Crippen molar-refractivity contribution in [1.82, 2.24) is 15.1 Å². The minimum atomic E-state index is -2.80. The summed E-state index contributed by atoms with van der Waals surface area (Å²) in [6, 6.07) is 7.85. The van der Waals surface area contributed by atoms with E-state index in [0.717, 1.165) is 24.0 Å². The molecule has 0 bridgehead atoms. The van der Waals surface area contributed by atoms with Gasteiger partial charge in [-0.3, -0.25) is 9.48 Å².